The second kappa shape index (κ2) is 2.85. The monoisotopic (exact) mass is 271 g/mol. The molecule has 0 fully saturated rings. The third kappa shape index (κ3) is 1.12. The molecule has 0 saturated heterocycles. The zero-order chi connectivity index (χ0) is 8.55. The van der Waals surface area contributed by atoms with E-state index >= 15 is 0 Å². The quantitative estimate of drug-likeness (QED) is 0.743. The number of aromatic nitrogens is 2. The lowest BCUT2D eigenvalue weighted by Gasteiger charge is -2.00. The molecule has 0 aromatic carbocycles. The molecular formula is C8H6IN3. The van der Waals surface area contributed by atoms with E-state index in [2.05, 4.69) is 32.6 Å². The molecular weight excluding hydrogens is 265 g/mol. The molecule has 0 aliphatic heterocycles. The fraction of sp³-hybridized carbons (Fsp3) is 0. The van der Waals surface area contributed by atoms with Crippen LogP contribution < -0.4 is 5.73 Å². The van der Waals surface area contributed by atoms with Crippen LogP contribution in [-0.2, 0) is 0 Å². The van der Waals surface area contributed by atoms with Crippen molar-refractivity contribution in [2.45, 2.75) is 0 Å². The van der Waals surface area contributed by atoms with E-state index in [0.717, 1.165) is 14.3 Å². The summed E-state index contributed by atoms with van der Waals surface area (Å²) in [5, 5.41) is 2.03. The minimum atomic E-state index is 0.540. The molecule has 0 aliphatic rings. The molecule has 0 atom stereocenters. The van der Waals surface area contributed by atoms with Gasteiger partial charge in [0.1, 0.15) is 5.82 Å². The van der Waals surface area contributed by atoms with Crippen LogP contribution in [0.2, 0.25) is 0 Å². The maximum Gasteiger partial charge on any atom is 0.132 e. The number of nitrogens with two attached hydrogens (primary N) is 1. The highest BCUT2D eigenvalue weighted by atomic mass is 127. The number of halogens is 1. The number of pyridine rings is 2. The van der Waals surface area contributed by atoms with Crippen molar-refractivity contribution in [1.29, 1.82) is 0 Å². The van der Waals surface area contributed by atoms with Gasteiger partial charge in [0.05, 0.1) is 0 Å². The summed E-state index contributed by atoms with van der Waals surface area (Å²) in [5.74, 6) is 0.540. The van der Waals surface area contributed by atoms with Crippen LogP contribution in [-0.4, -0.2) is 9.97 Å². The van der Waals surface area contributed by atoms with Gasteiger partial charge in [0.15, 0.2) is 0 Å². The van der Waals surface area contributed by atoms with Crippen LogP contribution in [0.1, 0.15) is 0 Å². The van der Waals surface area contributed by atoms with Gasteiger partial charge in [0.2, 0.25) is 0 Å². The number of anilines is 1. The second-order valence-electron chi connectivity index (χ2n) is 2.41. The molecule has 60 valence electrons. The smallest absolute Gasteiger partial charge is 0.132 e. The molecule has 0 spiro atoms. The number of rotatable bonds is 0. The van der Waals surface area contributed by atoms with Gasteiger partial charge in [-0.15, -0.1) is 0 Å². The maximum atomic E-state index is 5.67. The fourth-order valence-corrected chi connectivity index (χ4v) is 1.68. The number of nitrogen functional groups attached to an aromatic ring is 1. The van der Waals surface area contributed by atoms with Gasteiger partial charge in [-0.2, -0.15) is 0 Å². The Morgan fingerprint density at radius 1 is 1.25 bits per heavy atom. The Morgan fingerprint density at radius 3 is 2.83 bits per heavy atom. The topological polar surface area (TPSA) is 51.8 Å². The highest BCUT2D eigenvalue weighted by molar-refractivity contribution is 14.1. The van der Waals surface area contributed by atoms with Gasteiger partial charge in [-0.3, -0.25) is 4.98 Å². The first kappa shape index (κ1) is 7.72. The molecule has 2 aromatic heterocycles. The van der Waals surface area contributed by atoms with Gasteiger partial charge in [-0.05, 0) is 28.7 Å². The van der Waals surface area contributed by atoms with Crippen molar-refractivity contribution in [3.05, 3.63) is 28.2 Å². The lowest BCUT2D eigenvalue weighted by molar-refractivity contribution is 1.31. The molecule has 12 heavy (non-hydrogen) atoms. The Labute approximate surface area is 83.2 Å². The maximum absolute atomic E-state index is 5.67. The van der Waals surface area contributed by atoms with Gasteiger partial charge >= 0.3 is 0 Å². The summed E-state index contributed by atoms with van der Waals surface area (Å²) in [6.07, 6.45) is 5.25. The van der Waals surface area contributed by atoms with E-state index in [0.29, 0.717) is 5.82 Å². The van der Waals surface area contributed by atoms with Crippen molar-refractivity contribution in [2.75, 3.05) is 5.73 Å². The molecule has 2 N–H and O–H groups in total. The highest BCUT2D eigenvalue weighted by Crippen LogP contribution is 2.21. The molecule has 0 radical (unpaired) electrons. The first-order chi connectivity index (χ1) is 5.79. The van der Waals surface area contributed by atoms with Crippen LogP contribution in [0, 0.1) is 3.57 Å². The second-order valence-corrected chi connectivity index (χ2v) is 3.57. The molecule has 3 nitrogen and oxygen atoms in total. The van der Waals surface area contributed by atoms with Crippen LogP contribution in [0.3, 0.4) is 0 Å². The molecule has 4 heteroatoms. The van der Waals surface area contributed by atoms with E-state index in [1.807, 2.05) is 6.07 Å². The average Bonchev–Trinajstić information content (AvgIpc) is 2.12. The van der Waals surface area contributed by atoms with Crippen LogP contribution in [0.5, 0.6) is 0 Å². The fourth-order valence-electron chi connectivity index (χ4n) is 1.07. The van der Waals surface area contributed by atoms with Crippen molar-refractivity contribution in [2.24, 2.45) is 0 Å². The lowest BCUT2D eigenvalue weighted by Crippen LogP contribution is -1.93. The summed E-state index contributed by atoms with van der Waals surface area (Å²) < 4.78 is 1.10. The summed E-state index contributed by atoms with van der Waals surface area (Å²) >= 11 is 2.23. The molecule has 0 saturated carbocycles. The van der Waals surface area contributed by atoms with E-state index in [4.69, 9.17) is 5.73 Å². The van der Waals surface area contributed by atoms with E-state index in [1.54, 1.807) is 18.6 Å². The highest BCUT2D eigenvalue weighted by Gasteiger charge is 2.01. The van der Waals surface area contributed by atoms with E-state index in [-0.39, 0.29) is 0 Å². The molecule has 2 rings (SSSR count). The van der Waals surface area contributed by atoms with Gasteiger partial charge in [0.25, 0.3) is 0 Å². The van der Waals surface area contributed by atoms with Crippen LogP contribution in [0.4, 0.5) is 5.82 Å². The molecule has 2 aromatic rings. The number of hydrogen-bond donors (Lipinski definition) is 1. The Bertz CT molecular complexity index is 387. The van der Waals surface area contributed by atoms with E-state index < -0.39 is 0 Å². The Balaban J connectivity index is 2.95. The van der Waals surface area contributed by atoms with Gasteiger partial charge in [-0.1, -0.05) is 0 Å². The van der Waals surface area contributed by atoms with Crippen molar-refractivity contribution in [3.8, 4) is 0 Å². The van der Waals surface area contributed by atoms with E-state index in [1.165, 1.54) is 0 Å². The first-order valence-corrected chi connectivity index (χ1v) is 4.50. The Kier molecular flexibility index (Phi) is 1.84. The van der Waals surface area contributed by atoms with Gasteiger partial charge in [0, 0.05) is 32.9 Å². The van der Waals surface area contributed by atoms with E-state index in [9.17, 15) is 0 Å². The van der Waals surface area contributed by atoms with Crippen LogP contribution in [0.15, 0.2) is 24.7 Å². The number of nitrogens with zero attached hydrogens (tertiary/aromatic N) is 2. The third-order valence-electron chi connectivity index (χ3n) is 1.67. The first-order valence-electron chi connectivity index (χ1n) is 3.43. The Hall–Kier alpha value is -0.910. The summed E-state index contributed by atoms with van der Waals surface area (Å²) in [7, 11) is 0. The lowest BCUT2D eigenvalue weighted by atomic mass is 10.2. The molecule has 0 aliphatic carbocycles. The van der Waals surface area contributed by atoms with Crippen molar-refractivity contribution >= 4 is 39.2 Å². The van der Waals surface area contributed by atoms with Gasteiger partial charge in [-0.25, -0.2) is 4.98 Å². The largest absolute Gasteiger partial charge is 0.383 e. The number of fused-ring (bicyclic) bond motifs is 1. The SMILES string of the molecule is Nc1ncc(I)c2ccncc12. The van der Waals surface area contributed by atoms with Crippen LogP contribution in [0.25, 0.3) is 10.8 Å². The minimum absolute atomic E-state index is 0.540. The van der Waals surface area contributed by atoms with Crippen molar-refractivity contribution < 1.29 is 0 Å². The van der Waals surface area contributed by atoms with Crippen LogP contribution >= 0.6 is 22.6 Å². The third-order valence-corrected chi connectivity index (χ3v) is 2.53. The summed E-state index contributed by atoms with van der Waals surface area (Å²) in [6.45, 7) is 0. The minimum Gasteiger partial charge on any atom is -0.383 e. The molecule has 0 bridgehead atoms. The predicted molar refractivity (Wildman–Crippen MR) is 56.7 cm³/mol. The van der Waals surface area contributed by atoms with Crippen molar-refractivity contribution in [3.63, 3.8) is 0 Å². The molecule has 2 heterocycles. The zero-order valence-electron chi connectivity index (χ0n) is 6.16. The summed E-state index contributed by atoms with van der Waals surface area (Å²) in [6, 6.07) is 1.94. The standard InChI is InChI=1S/C8H6IN3/c9-7-4-12-8(10)6-3-11-2-1-5(6)7/h1-4H,(H2,10,12). The predicted octanol–water partition coefficient (Wildman–Crippen LogP) is 1.82. The summed E-state index contributed by atoms with van der Waals surface area (Å²) in [5.41, 5.74) is 5.67. The number of hydrogen-bond acceptors (Lipinski definition) is 3. The summed E-state index contributed by atoms with van der Waals surface area (Å²) in [4.78, 5) is 8.03. The molecule has 0 amide bonds. The average molecular weight is 271 g/mol. The van der Waals surface area contributed by atoms with Crippen molar-refractivity contribution in [1.82, 2.24) is 9.97 Å². The molecule has 0 unspecified atom stereocenters. The Morgan fingerprint density at radius 2 is 2.08 bits per heavy atom. The van der Waals surface area contributed by atoms with Gasteiger partial charge < -0.3 is 5.73 Å². The normalized spacial score (nSPS) is 10.4. The zero-order valence-corrected chi connectivity index (χ0v) is 8.32.